The first-order valence-electron chi connectivity index (χ1n) is 7.53. The zero-order valence-electron chi connectivity index (χ0n) is 12.5. The van der Waals surface area contributed by atoms with Gasteiger partial charge in [-0.25, -0.2) is 4.39 Å². The van der Waals surface area contributed by atoms with E-state index in [9.17, 15) is 14.0 Å². The number of hydrogen-bond acceptors (Lipinski definition) is 3. The Hall–Kier alpha value is -2.63. The van der Waals surface area contributed by atoms with Crippen LogP contribution in [0.3, 0.4) is 0 Å². The van der Waals surface area contributed by atoms with Crippen molar-refractivity contribution in [2.24, 2.45) is 0 Å². The molecule has 1 aromatic carbocycles. The van der Waals surface area contributed by atoms with Crippen molar-refractivity contribution in [3.63, 3.8) is 0 Å². The number of furan rings is 1. The maximum absolute atomic E-state index is 13.7. The summed E-state index contributed by atoms with van der Waals surface area (Å²) in [6, 6.07) is 9.22. The van der Waals surface area contributed by atoms with Gasteiger partial charge >= 0.3 is 0 Å². The number of benzene rings is 1. The highest BCUT2D eigenvalue weighted by molar-refractivity contribution is 5.94. The summed E-state index contributed by atoms with van der Waals surface area (Å²) in [5.41, 5.74) is 0.0885. The molecule has 2 heterocycles. The molecule has 120 valence electrons. The molecule has 1 aromatic heterocycles. The van der Waals surface area contributed by atoms with Crippen molar-refractivity contribution in [3.8, 4) is 0 Å². The molecule has 3 rings (SSSR count). The van der Waals surface area contributed by atoms with Crippen molar-refractivity contribution in [3.05, 3.63) is 59.8 Å². The van der Waals surface area contributed by atoms with E-state index >= 15 is 0 Å². The molecule has 0 bridgehead atoms. The zero-order chi connectivity index (χ0) is 16.2. The number of halogens is 1. The molecule has 0 radical (unpaired) electrons. The van der Waals surface area contributed by atoms with Crippen LogP contribution in [-0.2, 0) is 0 Å². The Morgan fingerprint density at radius 1 is 1.13 bits per heavy atom. The maximum atomic E-state index is 13.7. The molecule has 0 aliphatic carbocycles. The van der Waals surface area contributed by atoms with E-state index in [0.717, 1.165) is 0 Å². The first-order valence-corrected chi connectivity index (χ1v) is 7.53. The minimum Gasteiger partial charge on any atom is -0.459 e. The summed E-state index contributed by atoms with van der Waals surface area (Å²) in [6.07, 6.45) is 2.71. The smallest absolute Gasteiger partial charge is 0.287 e. The summed E-state index contributed by atoms with van der Waals surface area (Å²) in [7, 11) is 0. The van der Waals surface area contributed by atoms with Crippen molar-refractivity contribution in [2.75, 3.05) is 13.1 Å². The van der Waals surface area contributed by atoms with Gasteiger partial charge in [-0.15, -0.1) is 0 Å². The average Bonchev–Trinajstić information content (AvgIpc) is 3.10. The maximum Gasteiger partial charge on any atom is 0.287 e. The summed E-state index contributed by atoms with van der Waals surface area (Å²) in [5.74, 6) is -0.798. The van der Waals surface area contributed by atoms with Crippen molar-refractivity contribution in [2.45, 2.75) is 18.9 Å². The molecule has 1 saturated heterocycles. The first-order chi connectivity index (χ1) is 11.1. The third-order valence-electron chi connectivity index (χ3n) is 3.97. The van der Waals surface area contributed by atoms with Crippen LogP contribution in [0.5, 0.6) is 0 Å². The molecule has 0 saturated carbocycles. The quantitative estimate of drug-likeness (QED) is 0.946. The second-order valence-corrected chi connectivity index (χ2v) is 5.50. The number of rotatable bonds is 3. The fraction of sp³-hybridized carbons (Fsp3) is 0.294. The van der Waals surface area contributed by atoms with Gasteiger partial charge in [-0.2, -0.15) is 0 Å². The Kier molecular flexibility index (Phi) is 4.41. The highest BCUT2D eigenvalue weighted by Gasteiger charge is 2.26. The number of likely N-dealkylation sites (tertiary alicyclic amines) is 1. The van der Waals surface area contributed by atoms with Crippen LogP contribution in [0.25, 0.3) is 0 Å². The van der Waals surface area contributed by atoms with Crippen molar-refractivity contribution >= 4 is 11.8 Å². The summed E-state index contributed by atoms with van der Waals surface area (Å²) in [4.78, 5) is 25.9. The van der Waals surface area contributed by atoms with Gasteiger partial charge < -0.3 is 14.6 Å². The lowest BCUT2D eigenvalue weighted by Crippen LogP contribution is -2.46. The number of nitrogens with one attached hydrogen (secondary N) is 1. The fourth-order valence-corrected chi connectivity index (χ4v) is 2.70. The lowest BCUT2D eigenvalue weighted by molar-refractivity contribution is 0.0691. The van der Waals surface area contributed by atoms with Gasteiger partial charge in [0.15, 0.2) is 5.76 Å². The van der Waals surface area contributed by atoms with Gasteiger partial charge in [0, 0.05) is 19.1 Å². The largest absolute Gasteiger partial charge is 0.459 e. The molecule has 5 nitrogen and oxygen atoms in total. The molecule has 0 spiro atoms. The molecule has 1 aliphatic heterocycles. The van der Waals surface area contributed by atoms with E-state index in [4.69, 9.17) is 4.42 Å². The number of carbonyl (C=O) groups is 2. The Labute approximate surface area is 133 Å². The molecule has 1 fully saturated rings. The lowest BCUT2D eigenvalue weighted by Gasteiger charge is -2.32. The van der Waals surface area contributed by atoms with E-state index in [2.05, 4.69) is 5.32 Å². The number of carbonyl (C=O) groups excluding carboxylic acids is 2. The molecular weight excluding hydrogens is 299 g/mol. The van der Waals surface area contributed by atoms with Gasteiger partial charge in [-0.1, -0.05) is 12.1 Å². The van der Waals surface area contributed by atoms with Crippen LogP contribution in [0, 0.1) is 5.82 Å². The van der Waals surface area contributed by atoms with E-state index in [1.165, 1.54) is 18.4 Å². The van der Waals surface area contributed by atoms with E-state index in [0.29, 0.717) is 25.9 Å². The van der Waals surface area contributed by atoms with Gasteiger partial charge in [0.1, 0.15) is 5.82 Å². The van der Waals surface area contributed by atoms with Gasteiger partial charge in [-0.05, 0) is 37.1 Å². The van der Waals surface area contributed by atoms with E-state index in [-0.39, 0.29) is 29.2 Å². The molecule has 6 heteroatoms. The lowest BCUT2D eigenvalue weighted by atomic mass is 10.0. The van der Waals surface area contributed by atoms with Gasteiger partial charge in [-0.3, -0.25) is 9.59 Å². The van der Waals surface area contributed by atoms with Crippen LogP contribution in [-0.4, -0.2) is 35.8 Å². The summed E-state index contributed by atoms with van der Waals surface area (Å²) >= 11 is 0. The third-order valence-corrected chi connectivity index (χ3v) is 3.97. The normalized spacial score (nSPS) is 15.4. The van der Waals surface area contributed by atoms with Crippen LogP contribution in [0.1, 0.15) is 33.8 Å². The van der Waals surface area contributed by atoms with Crippen LogP contribution >= 0.6 is 0 Å². The summed E-state index contributed by atoms with van der Waals surface area (Å²) in [5, 5.41) is 2.89. The van der Waals surface area contributed by atoms with E-state index < -0.39 is 5.82 Å². The van der Waals surface area contributed by atoms with Gasteiger partial charge in [0.2, 0.25) is 0 Å². The predicted molar refractivity (Wildman–Crippen MR) is 81.5 cm³/mol. The SMILES string of the molecule is O=C(NC1CCN(C(=O)c2ccccc2F)CC1)c1ccco1. The predicted octanol–water partition coefficient (Wildman–Crippen LogP) is 2.45. The zero-order valence-corrected chi connectivity index (χ0v) is 12.5. The molecule has 1 aliphatic rings. The van der Waals surface area contributed by atoms with Crippen molar-refractivity contribution in [1.82, 2.24) is 10.2 Å². The van der Waals surface area contributed by atoms with Gasteiger partial charge in [0.25, 0.3) is 11.8 Å². The highest BCUT2D eigenvalue weighted by atomic mass is 19.1. The Morgan fingerprint density at radius 3 is 2.52 bits per heavy atom. The number of piperidine rings is 1. The first kappa shape index (κ1) is 15.3. The second-order valence-electron chi connectivity index (χ2n) is 5.50. The number of amides is 2. The monoisotopic (exact) mass is 316 g/mol. The molecule has 0 unspecified atom stereocenters. The Bertz CT molecular complexity index is 692. The Balaban J connectivity index is 1.55. The van der Waals surface area contributed by atoms with E-state index in [1.54, 1.807) is 29.2 Å². The minimum atomic E-state index is -0.509. The van der Waals surface area contributed by atoms with Crippen LogP contribution < -0.4 is 5.32 Å². The highest BCUT2D eigenvalue weighted by Crippen LogP contribution is 2.16. The number of hydrogen-bond donors (Lipinski definition) is 1. The third kappa shape index (κ3) is 3.41. The minimum absolute atomic E-state index is 0.0164. The molecule has 1 N–H and O–H groups in total. The Morgan fingerprint density at radius 2 is 1.87 bits per heavy atom. The number of nitrogens with zero attached hydrogens (tertiary/aromatic N) is 1. The molecular formula is C17H17FN2O3. The van der Waals surface area contributed by atoms with Gasteiger partial charge in [0.05, 0.1) is 11.8 Å². The van der Waals surface area contributed by atoms with E-state index in [1.807, 2.05) is 0 Å². The standard InChI is InChI=1S/C17H17FN2O3/c18-14-5-2-1-4-13(14)17(22)20-9-7-12(8-10-20)19-16(21)15-6-3-11-23-15/h1-6,11-12H,7-10H2,(H,19,21). The van der Waals surface area contributed by atoms with Crippen molar-refractivity contribution < 1.29 is 18.4 Å². The molecule has 2 aromatic rings. The average molecular weight is 316 g/mol. The fourth-order valence-electron chi connectivity index (χ4n) is 2.70. The van der Waals surface area contributed by atoms with Crippen LogP contribution in [0.2, 0.25) is 0 Å². The van der Waals surface area contributed by atoms with Crippen LogP contribution in [0.15, 0.2) is 47.1 Å². The summed E-state index contributed by atoms with van der Waals surface area (Å²) in [6.45, 7) is 0.965. The molecule has 0 atom stereocenters. The molecule has 23 heavy (non-hydrogen) atoms. The summed E-state index contributed by atoms with van der Waals surface area (Å²) < 4.78 is 18.7. The topological polar surface area (TPSA) is 62.6 Å². The molecule has 2 amide bonds. The van der Waals surface area contributed by atoms with Crippen LogP contribution in [0.4, 0.5) is 4.39 Å². The van der Waals surface area contributed by atoms with Crippen molar-refractivity contribution in [1.29, 1.82) is 0 Å². The second kappa shape index (κ2) is 6.64.